The Hall–Kier alpha value is -1.33. The largest absolute Gasteiger partial charge is 0.396 e. The number of anilines is 1. The molecule has 1 amide bonds. The molecule has 116 valence electrons. The molecule has 1 aromatic heterocycles. The highest BCUT2D eigenvalue weighted by Gasteiger charge is 2.27. The van der Waals surface area contributed by atoms with E-state index in [0.29, 0.717) is 29.0 Å². The van der Waals surface area contributed by atoms with Gasteiger partial charge in [-0.25, -0.2) is 4.98 Å². The normalized spacial score (nSPS) is 18.0. The summed E-state index contributed by atoms with van der Waals surface area (Å²) in [7, 11) is 0. The summed E-state index contributed by atoms with van der Waals surface area (Å²) in [6.07, 6.45) is 2.68. The van der Waals surface area contributed by atoms with Gasteiger partial charge in [-0.05, 0) is 37.3 Å². The summed E-state index contributed by atoms with van der Waals surface area (Å²) in [6.45, 7) is 4.48. The van der Waals surface area contributed by atoms with Gasteiger partial charge in [0.1, 0.15) is 11.0 Å². The van der Waals surface area contributed by atoms with E-state index in [4.69, 9.17) is 16.7 Å². The summed E-state index contributed by atoms with van der Waals surface area (Å²) in [5, 5.41) is 12.5. The molecule has 21 heavy (non-hydrogen) atoms. The summed E-state index contributed by atoms with van der Waals surface area (Å²) in [5.74, 6) is 1.02. The molecule has 1 unspecified atom stereocenters. The third-order valence-electron chi connectivity index (χ3n) is 3.71. The maximum absolute atomic E-state index is 12.5. The number of aromatic nitrogens is 1. The summed E-state index contributed by atoms with van der Waals surface area (Å²) < 4.78 is 0. The smallest absolute Gasteiger partial charge is 0.254 e. The molecule has 0 spiro atoms. The van der Waals surface area contributed by atoms with Crippen LogP contribution in [0.15, 0.2) is 12.1 Å². The second kappa shape index (κ2) is 7.61. The summed E-state index contributed by atoms with van der Waals surface area (Å²) in [5.41, 5.74) is 0.568. The molecule has 0 bridgehead atoms. The van der Waals surface area contributed by atoms with E-state index in [1.54, 1.807) is 12.1 Å². The van der Waals surface area contributed by atoms with Gasteiger partial charge in [0.05, 0.1) is 0 Å². The highest BCUT2D eigenvalue weighted by atomic mass is 35.5. The number of nitrogens with one attached hydrogen (secondary N) is 1. The molecule has 1 aliphatic rings. The van der Waals surface area contributed by atoms with E-state index in [1.807, 2.05) is 4.90 Å². The van der Waals surface area contributed by atoms with E-state index in [9.17, 15) is 4.79 Å². The van der Waals surface area contributed by atoms with Crippen molar-refractivity contribution in [2.24, 2.45) is 5.92 Å². The minimum Gasteiger partial charge on any atom is -0.396 e. The summed E-state index contributed by atoms with van der Waals surface area (Å²) >= 11 is 6.00. The molecule has 1 aliphatic heterocycles. The van der Waals surface area contributed by atoms with Gasteiger partial charge in [-0.1, -0.05) is 18.5 Å². The number of rotatable bonds is 6. The van der Waals surface area contributed by atoms with E-state index in [0.717, 1.165) is 32.4 Å². The Kier molecular flexibility index (Phi) is 5.82. The number of aliphatic hydroxyl groups is 1. The number of nitrogens with zero attached hydrogens (tertiary/aromatic N) is 2. The summed E-state index contributed by atoms with van der Waals surface area (Å²) in [6, 6.07) is 3.36. The Balaban J connectivity index is 2.06. The van der Waals surface area contributed by atoms with Crippen molar-refractivity contribution in [2.75, 3.05) is 31.6 Å². The fraction of sp³-hybridized carbons (Fsp3) is 0.600. The highest BCUT2D eigenvalue weighted by molar-refractivity contribution is 6.29. The van der Waals surface area contributed by atoms with E-state index in [-0.39, 0.29) is 12.5 Å². The second-order valence-electron chi connectivity index (χ2n) is 5.41. The molecule has 2 heterocycles. The van der Waals surface area contributed by atoms with Gasteiger partial charge in [0.2, 0.25) is 0 Å². The zero-order chi connectivity index (χ0) is 15.2. The van der Waals surface area contributed by atoms with Crippen molar-refractivity contribution in [3.8, 4) is 0 Å². The van der Waals surface area contributed by atoms with Crippen LogP contribution < -0.4 is 5.32 Å². The fourth-order valence-electron chi connectivity index (χ4n) is 2.58. The molecule has 5 nitrogen and oxygen atoms in total. The molecular weight excluding hydrogens is 290 g/mol. The van der Waals surface area contributed by atoms with Gasteiger partial charge in [0.25, 0.3) is 5.91 Å². The zero-order valence-electron chi connectivity index (χ0n) is 12.3. The topological polar surface area (TPSA) is 65.5 Å². The minimum atomic E-state index is -0.0145. The van der Waals surface area contributed by atoms with Crippen LogP contribution >= 0.6 is 11.6 Å². The van der Waals surface area contributed by atoms with Crippen molar-refractivity contribution in [2.45, 2.75) is 26.2 Å². The number of carbonyl (C=O) groups is 1. The van der Waals surface area contributed by atoms with Crippen LogP contribution in [0.2, 0.25) is 5.15 Å². The average molecular weight is 312 g/mol. The third kappa shape index (κ3) is 4.32. The molecule has 2 N–H and O–H groups in total. The molecular formula is C15H22ClN3O2. The van der Waals surface area contributed by atoms with E-state index < -0.39 is 0 Å². The van der Waals surface area contributed by atoms with Crippen molar-refractivity contribution in [1.82, 2.24) is 9.88 Å². The molecule has 1 aromatic rings. The maximum atomic E-state index is 12.5. The quantitative estimate of drug-likeness (QED) is 0.792. The van der Waals surface area contributed by atoms with Gasteiger partial charge >= 0.3 is 0 Å². The third-order valence-corrected chi connectivity index (χ3v) is 3.90. The maximum Gasteiger partial charge on any atom is 0.254 e. The molecule has 1 atom stereocenters. The number of hydrogen-bond donors (Lipinski definition) is 2. The van der Waals surface area contributed by atoms with Crippen LogP contribution in [0.5, 0.6) is 0 Å². The predicted molar refractivity (Wildman–Crippen MR) is 83.7 cm³/mol. The molecule has 0 radical (unpaired) electrons. The number of likely N-dealkylation sites (tertiary alicyclic amines) is 1. The van der Waals surface area contributed by atoms with Crippen LogP contribution in [0.3, 0.4) is 0 Å². The standard InChI is InChI=1S/C15H22ClN3O2/c1-2-5-17-14-9-12(8-13(16)18-14)15(21)19-6-3-11(10-19)4-7-20/h8-9,11,20H,2-7,10H2,1H3,(H,17,18). The Morgan fingerprint density at radius 2 is 2.38 bits per heavy atom. The second-order valence-corrected chi connectivity index (χ2v) is 5.80. The van der Waals surface area contributed by atoms with Gasteiger partial charge in [0, 0.05) is 31.8 Å². The van der Waals surface area contributed by atoms with Crippen LogP contribution in [0.25, 0.3) is 0 Å². The van der Waals surface area contributed by atoms with E-state index >= 15 is 0 Å². The number of aliphatic hydroxyl groups excluding tert-OH is 1. The highest BCUT2D eigenvalue weighted by Crippen LogP contribution is 2.23. The molecule has 0 aromatic carbocycles. The molecule has 2 rings (SSSR count). The minimum absolute atomic E-state index is 0.0145. The van der Waals surface area contributed by atoms with Crippen molar-refractivity contribution in [3.63, 3.8) is 0 Å². The van der Waals surface area contributed by atoms with Crippen LogP contribution in [-0.4, -0.2) is 47.1 Å². The van der Waals surface area contributed by atoms with E-state index in [1.165, 1.54) is 0 Å². The number of amides is 1. The number of halogens is 1. The van der Waals surface area contributed by atoms with Crippen molar-refractivity contribution < 1.29 is 9.90 Å². The van der Waals surface area contributed by atoms with Crippen molar-refractivity contribution >= 4 is 23.3 Å². The Morgan fingerprint density at radius 1 is 1.57 bits per heavy atom. The molecule has 0 saturated carbocycles. The van der Waals surface area contributed by atoms with Crippen LogP contribution in [-0.2, 0) is 0 Å². The lowest BCUT2D eigenvalue weighted by Crippen LogP contribution is -2.29. The van der Waals surface area contributed by atoms with Crippen molar-refractivity contribution in [3.05, 3.63) is 22.8 Å². The molecule has 0 aliphatic carbocycles. The first-order valence-electron chi connectivity index (χ1n) is 7.45. The lowest BCUT2D eigenvalue weighted by molar-refractivity contribution is 0.0784. The number of carbonyl (C=O) groups excluding carboxylic acids is 1. The fourth-order valence-corrected chi connectivity index (χ4v) is 2.79. The van der Waals surface area contributed by atoms with Crippen LogP contribution in [0.1, 0.15) is 36.5 Å². The zero-order valence-corrected chi connectivity index (χ0v) is 13.1. The first-order valence-corrected chi connectivity index (χ1v) is 7.83. The SMILES string of the molecule is CCCNc1cc(C(=O)N2CCC(CCO)C2)cc(Cl)n1. The lowest BCUT2D eigenvalue weighted by atomic mass is 10.1. The summed E-state index contributed by atoms with van der Waals surface area (Å²) in [4.78, 5) is 18.5. The Morgan fingerprint density at radius 3 is 3.10 bits per heavy atom. The predicted octanol–water partition coefficient (Wildman–Crippen LogP) is 2.40. The van der Waals surface area contributed by atoms with Gasteiger partial charge in [-0.3, -0.25) is 4.79 Å². The molecule has 1 fully saturated rings. The molecule has 1 saturated heterocycles. The van der Waals surface area contributed by atoms with Gasteiger partial charge in [0.15, 0.2) is 0 Å². The number of pyridine rings is 1. The lowest BCUT2D eigenvalue weighted by Gasteiger charge is -2.17. The Labute approximate surface area is 130 Å². The van der Waals surface area contributed by atoms with Crippen LogP contribution in [0, 0.1) is 5.92 Å². The van der Waals surface area contributed by atoms with Gasteiger partial charge in [-0.2, -0.15) is 0 Å². The van der Waals surface area contributed by atoms with Gasteiger partial charge in [-0.15, -0.1) is 0 Å². The van der Waals surface area contributed by atoms with Crippen LogP contribution in [0.4, 0.5) is 5.82 Å². The van der Waals surface area contributed by atoms with Gasteiger partial charge < -0.3 is 15.3 Å². The van der Waals surface area contributed by atoms with Crippen molar-refractivity contribution in [1.29, 1.82) is 0 Å². The average Bonchev–Trinajstić information content (AvgIpc) is 2.93. The first-order chi connectivity index (χ1) is 10.1. The Bertz CT molecular complexity index is 496. The molecule has 6 heteroatoms. The first kappa shape index (κ1) is 16.0. The monoisotopic (exact) mass is 311 g/mol. The number of hydrogen-bond acceptors (Lipinski definition) is 4. The van der Waals surface area contributed by atoms with E-state index in [2.05, 4.69) is 17.2 Å².